The van der Waals surface area contributed by atoms with E-state index in [1.165, 1.54) is 5.56 Å². The molecule has 3 heterocycles. The molecule has 0 radical (unpaired) electrons. The molecule has 0 spiro atoms. The summed E-state index contributed by atoms with van der Waals surface area (Å²) in [5, 5.41) is 2.11. The van der Waals surface area contributed by atoms with Crippen LogP contribution >= 0.6 is 0 Å². The molecule has 25 heavy (non-hydrogen) atoms. The minimum Gasteiger partial charge on any atom is -0.496 e. The van der Waals surface area contributed by atoms with Gasteiger partial charge in [-0.05, 0) is 61.1 Å². The predicted molar refractivity (Wildman–Crippen MR) is 98.5 cm³/mol. The molecule has 2 aromatic heterocycles. The third kappa shape index (κ3) is 3.25. The van der Waals surface area contributed by atoms with Crippen LogP contribution in [0.4, 0.5) is 0 Å². The van der Waals surface area contributed by atoms with Crippen LogP contribution in [0.15, 0.2) is 47.3 Å². The van der Waals surface area contributed by atoms with Gasteiger partial charge >= 0.3 is 0 Å². The maximum absolute atomic E-state index is 6.02. The highest BCUT2D eigenvalue weighted by Gasteiger charge is 2.18. The summed E-state index contributed by atoms with van der Waals surface area (Å²) in [7, 11) is 1.71. The van der Waals surface area contributed by atoms with Crippen molar-refractivity contribution < 1.29 is 9.15 Å². The Morgan fingerprint density at radius 3 is 2.80 bits per heavy atom. The monoisotopic (exact) mass is 337 g/mol. The van der Waals surface area contributed by atoms with Crippen molar-refractivity contribution in [2.75, 3.05) is 20.2 Å². The number of nitrogens with zero attached hydrogens (tertiary/aromatic N) is 2. The van der Waals surface area contributed by atoms with Gasteiger partial charge in [-0.15, -0.1) is 0 Å². The van der Waals surface area contributed by atoms with E-state index in [0.29, 0.717) is 6.04 Å². The molecule has 0 bridgehead atoms. The summed E-state index contributed by atoms with van der Waals surface area (Å²) in [4.78, 5) is 6.82. The molecule has 1 aromatic carbocycles. The lowest BCUT2D eigenvalue weighted by molar-refractivity contribution is 0.205. The first-order chi connectivity index (χ1) is 12.2. The minimum absolute atomic E-state index is 0.346. The van der Waals surface area contributed by atoms with E-state index < -0.39 is 0 Å². The largest absolute Gasteiger partial charge is 0.496 e. The van der Waals surface area contributed by atoms with Crippen molar-refractivity contribution in [2.45, 2.75) is 25.4 Å². The van der Waals surface area contributed by atoms with Gasteiger partial charge in [-0.2, -0.15) is 0 Å². The van der Waals surface area contributed by atoms with Gasteiger partial charge in [-0.25, -0.2) is 0 Å². The predicted octanol–water partition coefficient (Wildman–Crippen LogP) is 3.43. The van der Waals surface area contributed by atoms with E-state index in [0.717, 1.165) is 60.3 Å². The SMILES string of the molecule is COc1cc(CN2CCC(N)CC2)cc2c(-c3ccco3)cncc12. The number of aromatic nitrogens is 1. The Balaban J connectivity index is 1.74. The quantitative estimate of drug-likeness (QED) is 0.790. The molecule has 130 valence electrons. The first kappa shape index (κ1) is 16.1. The standard InChI is InChI=1S/C20H23N3O2/c1-24-20-10-14(13-23-6-4-15(21)5-7-23)9-16-17(11-22-12-18(16)20)19-3-2-8-25-19/h2-3,8-12,15H,4-7,13,21H2,1H3. The van der Waals surface area contributed by atoms with Crippen LogP contribution in [-0.4, -0.2) is 36.1 Å². The molecule has 0 amide bonds. The zero-order valence-corrected chi connectivity index (χ0v) is 14.4. The summed E-state index contributed by atoms with van der Waals surface area (Å²) >= 11 is 0. The summed E-state index contributed by atoms with van der Waals surface area (Å²) in [5.74, 6) is 1.67. The van der Waals surface area contributed by atoms with Crippen molar-refractivity contribution >= 4 is 10.8 Å². The molecule has 5 heteroatoms. The average molecular weight is 337 g/mol. The van der Waals surface area contributed by atoms with E-state index in [-0.39, 0.29) is 0 Å². The maximum Gasteiger partial charge on any atom is 0.136 e. The van der Waals surface area contributed by atoms with Gasteiger partial charge in [0.2, 0.25) is 0 Å². The first-order valence-corrected chi connectivity index (χ1v) is 8.71. The van der Waals surface area contributed by atoms with E-state index in [4.69, 9.17) is 14.9 Å². The number of pyridine rings is 1. The molecule has 4 rings (SSSR count). The lowest BCUT2D eigenvalue weighted by atomic mass is 10.0. The molecule has 1 aliphatic heterocycles. The number of likely N-dealkylation sites (tertiary alicyclic amines) is 1. The normalized spacial score (nSPS) is 16.4. The fraction of sp³-hybridized carbons (Fsp3) is 0.350. The lowest BCUT2D eigenvalue weighted by Gasteiger charge is -2.30. The molecule has 0 aliphatic carbocycles. The van der Waals surface area contributed by atoms with Crippen LogP contribution in [0.1, 0.15) is 18.4 Å². The second kappa shape index (κ2) is 6.86. The third-order valence-electron chi connectivity index (χ3n) is 4.94. The summed E-state index contributed by atoms with van der Waals surface area (Å²) in [5.41, 5.74) is 8.24. The number of hydrogen-bond acceptors (Lipinski definition) is 5. The number of furan rings is 1. The summed E-state index contributed by atoms with van der Waals surface area (Å²) in [6.45, 7) is 2.99. The summed E-state index contributed by atoms with van der Waals surface area (Å²) in [6, 6.07) is 8.54. The Hall–Kier alpha value is -2.37. The molecule has 3 aromatic rings. The third-order valence-corrected chi connectivity index (χ3v) is 4.94. The van der Waals surface area contributed by atoms with E-state index in [1.807, 2.05) is 24.5 Å². The second-order valence-electron chi connectivity index (χ2n) is 6.67. The van der Waals surface area contributed by atoms with Crippen LogP contribution in [0.2, 0.25) is 0 Å². The molecule has 1 fully saturated rings. The Morgan fingerprint density at radius 2 is 2.08 bits per heavy atom. The number of piperidine rings is 1. The fourth-order valence-corrected chi connectivity index (χ4v) is 3.55. The van der Waals surface area contributed by atoms with Crippen LogP contribution < -0.4 is 10.5 Å². The van der Waals surface area contributed by atoms with Gasteiger partial charge in [0.1, 0.15) is 11.5 Å². The van der Waals surface area contributed by atoms with Crippen molar-refractivity contribution in [3.8, 4) is 17.1 Å². The van der Waals surface area contributed by atoms with Crippen LogP contribution in [-0.2, 0) is 6.54 Å². The Morgan fingerprint density at radius 1 is 1.24 bits per heavy atom. The number of nitrogens with two attached hydrogens (primary N) is 1. The molecule has 1 aliphatic rings. The number of benzene rings is 1. The summed E-state index contributed by atoms with van der Waals surface area (Å²) in [6.07, 6.45) is 7.51. The zero-order chi connectivity index (χ0) is 17.2. The van der Waals surface area contributed by atoms with Crippen molar-refractivity contribution in [1.29, 1.82) is 0 Å². The smallest absolute Gasteiger partial charge is 0.136 e. The van der Waals surface area contributed by atoms with Crippen LogP contribution in [0.5, 0.6) is 5.75 Å². The fourth-order valence-electron chi connectivity index (χ4n) is 3.55. The van der Waals surface area contributed by atoms with Gasteiger partial charge in [0.25, 0.3) is 0 Å². The first-order valence-electron chi connectivity index (χ1n) is 8.71. The Labute approximate surface area is 147 Å². The van der Waals surface area contributed by atoms with E-state index in [1.54, 1.807) is 13.4 Å². The van der Waals surface area contributed by atoms with Gasteiger partial charge < -0.3 is 14.9 Å². The van der Waals surface area contributed by atoms with Crippen molar-refractivity contribution in [2.24, 2.45) is 5.73 Å². The zero-order valence-electron chi connectivity index (χ0n) is 14.4. The van der Waals surface area contributed by atoms with Crippen LogP contribution in [0.3, 0.4) is 0 Å². The average Bonchev–Trinajstić information content (AvgIpc) is 3.17. The topological polar surface area (TPSA) is 64.5 Å². The van der Waals surface area contributed by atoms with Crippen LogP contribution in [0, 0.1) is 0 Å². The molecular formula is C20H23N3O2. The van der Waals surface area contributed by atoms with Gasteiger partial charge in [-0.1, -0.05) is 0 Å². The van der Waals surface area contributed by atoms with E-state index in [9.17, 15) is 0 Å². The van der Waals surface area contributed by atoms with Gasteiger partial charge in [0.15, 0.2) is 0 Å². The lowest BCUT2D eigenvalue weighted by Crippen LogP contribution is -2.39. The van der Waals surface area contributed by atoms with Crippen molar-refractivity contribution in [3.63, 3.8) is 0 Å². The highest BCUT2D eigenvalue weighted by Crippen LogP contribution is 2.34. The highest BCUT2D eigenvalue weighted by molar-refractivity contribution is 5.98. The molecule has 1 saturated heterocycles. The van der Waals surface area contributed by atoms with E-state index in [2.05, 4.69) is 22.0 Å². The molecule has 0 unspecified atom stereocenters. The Kier molecular flexibility index (Phi) is 4.42. The van der Waals surface area contributed by atoms with Crippen LogP contribution in [0.25, 0.3) is 22.1 Å². The number of rotatable bonds is 4. The molecular weight excluding hydrogens is 314 g/mol. The molecule has 5 nitrogen and oxygen atoms in total. The maximum atomic E-state index is 6.02. The van der Waals surface area contributed by atoms with Gasteiger partial charge in [-0.3, -0.25) is 9.88 Å². The van der Waals surface area contributed by atoms with E-state index >= 15 is 0 Å². The van der Waals surface area contributed by atoms with Crippen molar-refractivity contribution in [3.05, 3.63) is 48.5 Å². The summed E-state index contributed by atoms with van der Waals surface area (Å²) < 4.78 is 11.2. The van der Waals surface area contributed by atoms with Gasteiger partial charge in [0, 0.05) is 35.9 Å². The molecule has 0 atom stereocenters. The molecule has 2 N–H and O–H groups in total. The Bertz CT molecular complexity index is 853. The number of fused-ring (bicyclic) bond motifs is 1. The molecule has 0 saturated carbocycles. The minimum atomic E-state index is 0.346. The highest BCUT2D eigenvalue weighted by atomic mass is 16.5. The number of ether oxygens (including phenoxy) is 1. The number of hydrogen-bond donors (Lipinski definition) is 1. The van der Waals surface area contributed by atoms with Crippen molar-refractivity contribution in [1.82, 2.24) is 9.88 Å². The second-order valence-corrected chi connectivity index (χ2v) is 6.67. The van der Waals surface area contributed by atoms with Gasteiger partial charge in [0.05, 0.1) is 13.4 Å². The number of methoxy groups -OCH3 is 1.